The number of ether oxygens (including phenoxy) is 3. The van der Waals surface area contributed by atoms with Crippen LogP contribution in [0.5, 0.6) is 0 Å². The fraction of sp³-hybridized carbons (Fsp3) is 0.688. The molecule has 6 heteroatoms. The molecule has 3 fully saturated rings. The molecule has 22 heavy (non-hydrogen) atoms. The maximum Gasteiger partial charge on any atom is 0.347 e. The highest BCUT2D eigenvalue weighted by Gasteiger charge is 2.68. The van der Waals surface area contributed by atoms with Gasteiger partial charge in [0.2, 0.25) is 0 Å². The number of esters is 3. The molecule has 1 heterocycles. The molecule has 2 bridgehead atoms. The van der Waals surface area contributed by atoms with E-state index in [0.29, 0.717) is 6.42 Å². The van der Waals surface area contributed by atoms with Crippen molar-refractivity contribution in [3.63, 3.8) is 0 Å². The summed E-state index contributed by atoms with van der Waals surface area (Å²) in [4.78, 5) is 35.4. The average Bonchev–Trinajstić information content (AvgIpc) is 2.98. The summed E-state index contributed by atoms with van der Waals surface area (Å²) in [6, 6.07) is 0. The summed E-state index contributed by atoms with van der Waals surface area (Å²) in [5.74, 6) is -1.34. The molecule has 0 aromatic carbocycles. The predicted octanol–water partition coefficient (Wildman–Crippen LogP) is 1.38. The molecule has 0 N–H and O–H groups in total. The van der Waals surface area contributed by atoms with Crippen LogP contribution in [0.4, 0.5) is 0 Å². The molecule has 0 spiro atoms. The van der Waals surface area contributed by atoms with Gasteiger partial charge in [0.15, 0.2) is 6.10 Å². The average molecular weight is 308 g/mol. The molecular formula is C16H20O6. The summed E-state index contributed by atoms with van der Waals surface area (Å²) >= 11 is 0. The van der Waals surface area contributed by atoms with Crippen LogP contribution in [0.3, 0.4) is 0 Å². The number of hydrogen-bond donors (Lipinski definition) is 0. The smallest absolute Gasteiger partial charge is 0.347 e. The Bertz CT molecular complexity index is 567. The van der Waals surface area contributed by atoms with Gasteiger partial charge in [-0.2, -0.15) is 0 Å². The first kappa shape index (κ1) is 15.1. The van der Waals surface area contributed by atoms with Crippen LogP contribution in [-0.2, 0) is 28.6 Å². The van der Waals surface area contributed by atoms with Gasteiger partial charge in [0.25, 0.3) is 0 Å². The van der Waals surface area contributed by atoms with E-state index in [1.54, 1.807) is 0 Å². The first-order chi connectivity index (χ1) is 10.2. The Labute approximate surface area is 128 Å². The molecule has 2 aliphatic carbocycles. The monoisotopic (exact) mass is 308 g/mol. The molecular weight excluding hydrogens is 288 g/mol. The third kappa shape index (κ3) is 2.12. The van der Waals surface area contributed by atoms with Crippen LogP contribution in [0.15, 0.2) is 12.2 Å². The van der Waals surface area contributed by atoms with Crippen molar-refractivity contribution in [2.24, 2.45) is 17.3 Å². The van der Waals surface area contributed by atoms with Crippen LogP contribution in [0.25, 0.3) is 0 Å². The van der Waals surface area contributed by atoms with Gasteiger partial charge < -0.3 is 14.2 Å². The van der Waals surface area contributed by atoms with E-state index in [2.05, 4.69) is 6.58 Å². The largest absolute Gasteiger partial charge is 0.458 e. The lowest BCUT2D eigenvalue weighted by Crippen LogP contribution is -2.43. The lowest BCUT2D eigenvalue weighted by atomic mass is 9.79. The number of fused-ring (bicyclic) bond motifs is 1. The minimum Gasteiger partial charge on any atom is -0.458 e. The Balaban J connectivity index is 1.66. The first-order valence-electron chi connectivity index (χ1n) is 7.50. The predicted molar refractivity (Wildman–Crippen MR) is 74.4 cm³/mol. The minimum atomic E-state index is -1.01. The van der Waals surface area contributed by atoms with E-state index >= 15 is 0 Å². The van der Waals surface area contributed by atoms with Crippen molar-refractivity contribution < 1.29 is 28.6 Å². The van der Waals surface area contributed by atoms with Gasteiger partial charge in [-0.3, -0.25) is 4.79 Å². The molecule has 120 valence electrons. The summed E-state index contributed by atoms with van der Waals surface area (Å²) in [5, 5.41) is 0. The highest BCUT2D eigenvalue weighted by Crippen LogP contribution is 2.62. The van der Waals surface area contributed by atoms with Gasteiger partial charge in [-0.15, -0.1) is 0 Å². The zero-order valence-corrected chi connectivity index (χ0v) is 13.0. The molecule has 3 aliphatic rings. The topological polar surface area (TPSA) is 78.9 Å². The van der Waals surface area contributed by atoms with Crippen LogP contribution >= 0.6 is 0 Å². The lowest BCUT2D eigenvalue weighted by molar-refractivity contribution is -0.178. The van der Waals surface area contributed by atoms with Gasteiger partial charge in [-0.1, -0.05) is 13.5 Å². The molecule has 6 unspecified atom stereocenters. The Hall–Kier alpha value is -1.85. The SMILES string of the molecule is C=C(C)C(=O)OC(C)C(=O)OC1C2OC(=O)C3CC1(C)CC32. The molecule has 2 saturated carbocycles. The second-order valence-corrected chi connectivity index (χ2v) is 6.92. The highest BCUT2D eigenvalue weighted by molar-refractivity contribution is 5.89. The van der Waals surface area contributed by atoms with Crippen LogP contribution in [0.2, 0.25) is 0 Å². The van der Waals surface area contributed by atoms with Crippen LogP contribution < -0.4 is 0 Å². The maximum absolute atomic E-state index is 12.2. The van der Waals surface area contributed by atoms with Gasteiger partial charge in [-0.25, -0.2) is 9.59 Å². The minimum absolute atomic E-state index is 0.0522. The van der Waals surface area contributed by atoms with Gasteiger partial charge >= 0.3 is 17.9 Å². The van der Waals surface area contributed by atoms with Crippen molar-refractivity contribution in [3.8, 4) is 0 Å². The zero-order valence-electron chi connectivity index (χ0n) is 13.0. The molecule has 6 atom stereocenters. The summed E-state index contributed by atoms with van der Waals surface area (Å²) in [7, 11) is 0. The molecule has 6 nitrogen and oxygen atoms in total. The van der Waals surface area contributed by atoms with E-state index in [4.69, 9.17) is 14.2 Å². The van der Waals surface area contributed by atoms with Crippen molar-refractivity contribution in [1.82, 2.24) is 0 Å². The Morgan fingerprint density at radius 3 is 2.73 bits per heavy atom. The van der Waals surface area contributed by atoms with Crippen molar-refractivity contribution in [3.05, 3.63) is 12.2 Å². The molecule has 1 saturated heterocycles. The molecule has 1 aliphatic heterocycles. The second-order valence-electron chi connectivity index (χ2n) is 6.92. The van der Waals surface area contributed by atoms with Gasteiger partial charge in [0.05, 0.1) is 5.92 Å². The van der Waals surface area contributed by atoms with Crippen molar-refractivity contribution in [2.45, 2.75) is 51.9 Å². The third-order valence-corrected chi connectivity index (χ3v) is 5.07. The fourth-order valence-electron chi connectivity index (χ4n) is 3.98. The molecule has 0 aromatic heterocycles. The molecule has 3 rings (SSSR count). The Morgan fingerprint density at radius 1 is 1.41 bits per heavy atom. The van der Waals surface area contributed by atoms with Gasteiger partial charge in [-0.05, 0) is 26.7 Å². The lowest BCUT2D eigenvalue weighted by Gasteiger charge is -2.33. The maximum atomic E-state index is 12.2. The van der Waals surface area contributed by atoms with Crippen molar-refractivity contribution in [1.29, 1.82) is 0 Å². The summed E-state index contributed by atoms with van der Waals surface area (Å²) in [6.45, 7) is 8.46. The highest BCUT2D eigenvalue weighted by atomic mass is 16.6. The van der Waals surface area contributed by atoms with E-state index in [0.717, 1.165) is 6.42 Å². The summed E-state index contributed by atoms with van der Waals surface area (Å²) < 4.78 is 15.9. The normalized spacial score (nSPS) is 39.3. The number of carbonyl (C=O) groups is 3. The van der Waals surface area contributed by atoms with Crippen LogP contribution in [0, 0.1) is 17.3 Å². The van der Waals surface area contributed by atoms with Crippen LogP contribution in [0.1, 0.15) is 33.6 Å². The quantitative estimate of drug-likeness (QED) is 0.443. The van der Waals surface area contributed by atoms with Gasteiger partial charge in [0, 0.05) is 16.9 Å². The summed E-state index contributed by atoms with van der Waals surface area (Å²) in [6.07, 6.45) is -0.320. The van der Waals surface area contributed by atoms with E-state index in [-0.39, 0.29) is 34.9 Å². The third-order valence-electron chi connectivity index (χ3n) is 5.07. The first-order valence-corrected chi connectivity index (χ1v) is 7.50. The molecule has 0 amide bonds. The van der Waals surface area contributed by atoms with E-state index in [1.807, 2.05) is 6.92 Å². The van der Waals surface area contributed by atoms with Crippen molar-refractivity contribution in [2.75, 3.05) is 0 Å². The molecule has 0 radical (unpaired) electrons. The van der Waals surface area contributed by atoms with E-state index in [1.165, 1.54) is 13.8 Å². The Kier molecular flexibility index (Phi) is 3.30. The van der Waals surface area contributed by atoms with Crippen LogP contribution in [-0.4, -0.2) is 36.2 Å². The number of carbonyl (C=O) groups excluding carboxylic acids is 3. The Morgan fingerprint density at radius 2 is 2.09 bits per heavy atom. The second kappa shape index (κ2) is 4.83. The summed E-state index contributed by atoms with van der Waals surface area (Å²) in [5.41, 5.74) is -0.0148. The fourth-order valence-corrected chi connectivity index (χ4v) is 3.98. The van der Waals surface area contributed by atoms with E-state index < -0.39 is 24.1 Å². The van der Waals surface area contributed by atoms with Crippen molar-refractivity contribution >= 4 is 17.9 Å². The zero-order chi connectivity index (χ0) is 16.2. The number of rotatable bonds is 4. The number of hydrogen-bond acceptors (Lipinski definition) is 6. The van der Waals surface area contributed by atoms with E-state index in [9.17, 15) is 14.4 Å². The standard InChI is InChI=1S/C16H20O6/c1-7(2)13(17)20-8(3)14(18)22-12-11-9-5-16(12,4)6-10(9)15(19)21-11/h8-12H,1,5-6H2,2-4H3. The van der Waals surface area contributed by atoms with Gasteiger partial charge in [0.1, 0.15) is 12.2 Å². The molecule has 0 aromatic rings.